The van der Waals surface area contributed by atoms with Crippen molar-refractivity contribution in [2.24, 2.45) is 0 Å². The fourth-order valence-corrected chi connectivity index (χ4v) is 2.77. The number of H-pyrrole nitrogens is 2. The molecule has 140 valence electrons. The number of hydrogen-bond acceptors (Lipinski definition) is 7. The number of nitrogens with zero attached hydrogens (tertiary/aromatic N) is 4. The summed E-state index contributed by atoms with van der Waals surface area (Å²) < 4.78 is 10.5. The molecule has 2 N–H and O–H groups in total. The average molecular weight is 376 g/mol. The van der Waals surface area contributed by atoms with E-state index in [1.165, 1.54) is 0 Å². The lowest BCUT2D eigenvalue weighted by atomic mass is 10.1. The van der Waals surface area contributed by atoms with Crippen LogP contribution in [0, 0.1) is 0 Å². The standard InChI is InChI=1S/C19H16N6O3/c26-19(27-11-13-5-1-3-7-15(13)17-9-20-24-22-17)28-12-14-6-2-4-8-16(14)18-10-21-25-23-18/h1-10H,11-12H2,(H,20,22,24)(H,21,23,25). The predicted octanol–water partition coefficient (Wildman–Crippen LogP) is 3.11. The summed E-state index contributed by atoms with van der Waals surface area (Å²) in [4.78, 5) is 12.1. The Morgan fingerprint density at radius 1 is 0.750 bits per heavy atom. The first-order chi connectivity index (χ1) is 13.8. The number of rotatable bonds is 6. The summed E-state index contributed by atoms with van der Waals surface area (Å²) >= 11 is 0. The van der Waals surface area contributed by atoms with E-state index in [0.717, 1.165) is 22.3 Å². The normalized spacial score (nSPS) is 10.6. The first-order valence-electron chi connectivity index (χ1n) is 8.50. The van der Waals surface area contributed by atoms with Gasteiger partial charge in [0.25, 0.3) is 0 Å². The Kier molecular flexibility index (Phi) is 5.05. The van der Waals surface area contributed by atoms with Gasteiger partial charge in [0.2, 0.25) is 0 Å². The molecule has 2 aromatic heterocycles. The van der Waals surface area contributed by atoms with E-state index >= 15 is 0 Å². The highest BCUT2D eigenvalue weighted by molar-refractivity contribution is 5.65. The molecule has 4 aromatic rings. The van der Waals surface area contributed by atoms with E-state index in [4.69, 9.17) is 9.47 Å². The molecule has 28 heavy (non-hydrogen) atoms. The smallest absolute Gasteiger partial charge is 0.429 e. The van der Waals surface area contributed by atoms with Crippen molar-refractivity contribution in [1.29, 1.82) is 0 Å². The van der Waals surface area contributed by atoms with Crippen LogP contribution < -0.4 is 0 Å². The number of aromatic amines is 2. The second-order valence-corrected chi connectivity index (χ2v) is 5.86. The molecule has 0 bridgehead atoms. The van der Waals surface area contributed by atoms with Gasteiger partial charge in [0.05, 0.1) is 12.4 Å². The second-order valence-electron chi connectivity index (χ2n) is 5.86. The van der Waals surface area contributed by atoms with Crippen LogP contribution in [0.5, 0.6) is 0 Å². The summed E-state index contributed by atoms with van der Waals surface area (Å²) in [5, 5.41) is 20.7. The Morgan fingerprint density at radius 3 is 1.64 bits per heavy atom. The maximum Gasteiger partial charge on any atom is 0.508 e. The van der Waals surface area contributed by atoms with Crippen LogP contribution in [-0.2, 0) is 22.7 Å². The van der Waals surface area contributed by atoms with Crippen LogP contribution >= 0.6 is 0 Å². The summed E-state index contributed by atoms with van der Waals surface area (Å²) in [6.07, 6.45) is 2.60. The first kappa shape index (κ1) is 17.4. The van der Waals surface area contributed by atoms with Crippen LogP contribution in [0.25, 0.3) is 22.5 Å². The van der Waals surface area contributed by atoms with Crippen molar-refractivity contribution in [1.82, 2.24) is 30.8 Å². The quantitative estimate of drug-likeness (QED) is 0.496. The second kappa shape index (κ2) is 8.12. The van der Waals surface area contributed by atoms with Gasteiger partial charge in [-0.1, -0.05) is 59.0 Å². The fourth-order valence-electron chi connectivity index (χ4n) is 2.77. The van der Waals surface area contributed by atoms with Crippen molar-refractivity contribution in [3.63, 3.8) is 0 Å². The highest BCUT2D eigenvalue weighted by Crippen LogP contribution is 2.23. The van der Waals surface area contributed by atoms with Gasteiger partial charge in [-0.05, 0) is 11.1 Å². The summed E-state index contributed by atoms with van der Waals surface area (Å²) in [6, 6.07) is 15.0. The minimum Gasteiger partial charge on any atom is -0.429 e. The molecule has 0 fully saturated rings. The van der Waals surface area contributed by atoms with Gasteiger partial charge in [0.15, 0.2) is 0 Å². The zero-order valence-corrected chi connectivity index (χ0v) is 14.7. The number of carbonyl (C=O) groups excluding carboxylic acids is 1. The summed E-state index contributed by atoms with van der Waals surface area (Å²) in [5.41, 5.74) is 4.62. The van der Waals surface area contributed by atoms with Crippen LogP contribution in [-0.4, -0.2) is 37.0 Å². The Labute approximate surface area is 159 Å². The summed E-state index contributed by atoms with van der Waals surface area (Å²) in [7, 11) is 0. The molecule has 0 atom stereocenters. The zero-order chi connectivity index (χ0) is 19.2. The van der Waals surface area contributed by atoms with Gasteiger partial charge in [0, 0.05) is 11.1 Å². The number of hydrogen-bond donors (Lipinski definition) is 2. The third-order valence-corrected chi connectivity index (χ3v) is 4.11. The molecule has 0 unspecified atom stereocenters. The van der Waals surface area contributed by atoms with E-state index in [-0.39, 0.29) is 13.2 Å². The molecule has 9 heteroatoms. The highest BCUT2D eigenvalue weighted by Gasteiger charge is 2.13. The Balaban J connectivity index is 1.38. The topological polar surface area (TPSA) is 119 Å². The predicted molar refractivity (Wildman–Crippen MR) is 98.6 cm³/mol. The molecule has 2 aromatic carbocycles. The lowest BCUT2D eigenvalue weighted by Gasteiger charge is -2.10. The van der Waals surface area contributed by atoms with E-state index in [9.17, 15) is 4.79 Å². The van der Waals surface area contributed by atoms with Crippen molar-refractivity contribution in [3.8, 4) is 22.5 Å². The van der Waals surface area contributed by atoms with Crippen molar-refractivity contribution in [2.45, 2.75) is 13.2 Å². The van der Waals surface area contributed by atoms with Gasteiger partial charge in [-0.3, -0.25) is 10.2 Å². The molecular formula is C19H16N6O3. The van der Waals surface area contributed by atoms with Crippen molar-refractivity contribution in [3.05, 3.63) is 72.1 Å². The highest BCUT2D eigenvalue weighted by atomic mass is 16.7. The molecule has 0 radical (unpaired) electrons. The van der Waals surface area contributed by atoms with Crippen LogP contribution in [0.4, 0.5) is 4.79 Å². The van der Waals surface area contributed by atoms with Crippen LogP contribution in [0.1, 0.15) is 11.1 Å². The van der Waals surface area contributed by atoms with Crippen LogP contribution in [0.15, 0.2) is 60.9 Å². The first-order valence-corrected chi connectivity index (χ1v) is 8.50. The summed E-state index contributed by atoms with van der Waals surface area (Å²) in [6.45, 7) is 0.125. The molecule has 0 spiro atoms. The molecule has 9 nitrogen and oxygen atoms in total. The molecule has 2 heterocycles. The largest absolute Gasteiger partial charge is 0.508 e. The third-order valence-electron chi connectivity index (χ3n) is 4.11. The van der Waals surface area contributed by atoms with Crippen molar-refractivity contribution < 1.29 is 14.3 Å². The monoisotopic (exact) mass is 376 g/mol. The van der Waals surface area contributed by atoms with E-state index in [2.05, 4.69) is 30.8 Å². The van der Waals surface area contributed by atoms with Crippen molar-refractivity contribution >= 4 is 6.16 Å². The van der Waals surface area contributed by atoms with E-state index in [1.807, 2.05) is 48.5 Å². The lowest BCUT2D eigenvalue weighted by Crippen LogP contribution is -2.08. The Bertz CT molecular complexity index is 963. The number of benzene rings is 2. The maximum atomic E-state index is 12.1. The third kappa shape index (κ3) is 3.88. The number of nitrogens with one attached hydrogen (secondary N) is 2. The molecule has 0 amide bonds. The molecule has 0 saturated heterocycles. The maximum absolute atomic E-state index is 12.1. The molecule has 0 aliphatic carbocycles. The zero-order valence-electron chi connectivity index (χ0n) is 14.7. The molecular weight excluding hydrogens is 360 g/mol. The minimum absolute atomic E-state index is 0.0623. The van der Waals surface area contributed by atoms with Gasteiger partial charge in [0.1, 0.15) is 24.6 Å². The average Bonchev–Trinajstić information content (AvgIpc) is 3.45. The van der Waals surface area contributed by atoms with Gasteiger partial charge in [-0.2, -0.15) is 0 Å². The van der Waals surface area contributed by atoms with Crippen LogP contribution in [0.3, 0.4) is 0 Å². The van der Waals surface area contributed by atoms with Crippen molar-refractivity contribution in [2.75, 3.05) is 0 Å². The number of carbonyl (C=O) groups is 1. The molecule has 0 aliphatic heterocycles. The number of ether oxygens (including phenoxy) is 2. The SMILES string of the molecule is O=C(OCc1ccccc1-c1c[nH]nn1)OCc1ccccc1-c1c[nH]nn1. The van der Waals surface area contributed by atoms with Gasteiger partial charge in [-0.15, -0.1) is 10.2 Å². The van der Waals surface area contributed by atoms with Gasteiger partial charge >= 0.3 is 6.16 Å². The van der Waals surface area contributed by atoms with Gasteiger partial charge < -0.3 is 9.47 Å². The Morgan fingerprint density at radius 2 is 1.21 bits per heavy atom. The Hall–Kier alpha value is -4.01. The van der Waals surface area contributed by atoms with Crippen LogP contribution in [0.2, 0.25) is 0 Å². The number of aromatic nitrogens is 6. The van der Waals surface area contributed by atoms with Gasteiger partial charge in [-0.25, -0.2) is 4.79 Å². The van der Waals surface area contributed by atoms with E-state index in [0.29, 0.717) is 11.4 Å². The molecule has 0 saturated carbocycles. The summed E-state index contributed by atoms with van der Waals surface area (Å²) in [5.74, 6) is 0. The molecule has 0 aliphatic rings. The van der Waals surface area contributed by atoms with E-state index in [1.54, 1.807) is 12.4 Å². The van der Waals surface area contributed by atoms with E-state index < -0.39 is 6.16 Å². The molecule has 4 rings (SSSR count). The lowest BCUT2D eigenvalue weighted by molar-refractivity contribution is 0.0448. The minimum atomic E-state index is -0.759. The fraction of sp³-hybridized carbons (Fsp3) is 0.105.